The standard InChI is InChI=1S/C16H17NO5S2/c1-22-7-8-24(21)10-11-3-2-4-12(9-11)17-15(18)13-5-6-14(23-13)16(19)20/h2-6,9H,7-8,10H2,1H3,(H,17,18)(H,19,20). The number of carboxylic acid groups (broad SMARTS) is 1. The van der Waals surface area contributed by atoms with Gasteiger partial charge in [-0.05, 0) is 29.8 Å². The van der Waals surface area contributed by atoms with Crippen molar-refractivity contribution in [3.63, 3.8) is 0 Å². The van der Waals surface area contributed by atoms with Crippen LogP contribution < -0.4 is 5.32 Å². The van der Waals surface area contributed by atoms with Crippen LogP contribution in [-0.2, 0) is 21.3 Å². The van der Waals surface area contributed by atoms with Gasteiger partial charge in [-0.1, -0.05) is 12.1 Å². The minimum atomic E-state index is -1.06. The van der Waals surface area contributed by atoms with E-state index in [4.69, 9.17) is 9.84 Å². The number of carbonyl (C=O) groups excluding carboxylic acids is 1. The van der Waals surface area contributed by atoms with Crippen molar-refractivity contribution in [2.45, 2.75) is 5.75 Å². The molecule has 2 aromatic rings. The average molecular weight is 367 g/mol. The molecule has 0 saturated carbocycles. The second-order valence-electron chi connectivity index (χ2n) is 4.90. The summed E-state index contributed by atoms with van der Waals surface area (Å²) in [6.45, 7) is 0.438. The van der Waals surface area contributed by atoms with Gasteiger partial charge in [0.2, 0.25) is 0 Å². The highest BCUT2D eigenvalue weighted by molar-refractivity contribution is 7.84. The number of aromatic carboxylic acids is 1. The Kier molecular flexibility index (Phi) is 6.65. The molecule has 1 heterocycles. The third kappa shape index (κ3) is 5.26. The first kappa shape index (κ1) is 18.3. The fourth-order valence-corrected chi connectivity index (χ4v) is 3.73. The molecule has 0 aliphatic rings. The number of rotatable bonds is 8. The molecule has 0 saturated heterocycles. The fraction of sp³-hybridized carbons (Fsp3) is 0.250. The third-order valence-corrected chi connectivity index (χ3v) is 5.42. The molecule has 0 spiro atoms. The number of carboxylic acids is 1. The molecule has 6 nitrogen and oxygen atoms in total. The molecular formula is C16H17NO5S2. The van der Waals surface area contributed by atoms with Crippen molar-refractivity contribution >= 4 is 39.7 Å². The molecule has 1 unspecified atom stereocenters. The van der Waals surface area contributed by atoms with Crippen molar-refractivity contribution in [2.75, 3.05) is 24.8 Å². The van der Waals surface area contributed by atoms with Crippen molar-refractivity contribution in [3.05, 3.63) is 51.7 Å². The van der Waals surface area contributed by atoms with Crippen molar-refractivity contribution in [3.8, 4) is 0 Å². The third-order valence-electron chi connectivity index (χ3n) is 3.07. The van der Waals surface area contributed by atoms with E-state index in [1.807, 2.05) is 6.07 Å². The molecule has 1 atom stereocenters. The maximum atomic E-state index is 12.2. The van der Waals surface area contributed by atoms with Gasteiger partial charge in [-0.2, -0.15) is 0 Å². The van der Waals surface area contributed by atoms with Gasteiger partial charge in [-0.25, -0.2) is 4.79 Å². The molecule has 2 rings (SSSR count). The fourth-order valence-electron chi connectivity index (χ4n) is 1.94. The van der Waals surface area contributed by atoms with Gasteiger partial charge in [0.25, 0.3) is 5.91 Å². The number of nitrogens with one attached hydrogen (secondary N) is 1. The zero-order valence-electron chi connectivity index (χ0n) is 13.0. The Morgan fingerprint density at radius 3 is 2.67 bits per heavy atom. The minimum Gasteiger partial charge on any atom is -0.477 e. The van der Waals surface area contributed by atoms with Gasteiger partial charge >= 0.3 is 5.97 Å². The minimum absolute atomic E-state index is 0.113. The van der Waals surface area contributed by atoms with Gasteiger partial charge in [0, 0.05) is 35.1 Å². The van der Waals surface area contributed by atoms with Crippen LogP contribution in [-0.4, -0.2) is 40.7 Å². The quantitative estimate of drug-likeness (QED) is 0.748. The van der Waals surface area contributed by atoms with Crippen LogP contribution in [0, 0.1) is 0 Å². The molecule has 0 radical (unpaired) electrons. The van der Waals surface area contributed by atoms with Crippen LogP contribution in [0.25, 0.3) is 0 Å². The highest BCUT2D eigenvalue weighted by Crippen LogP contribution is 2.19. The molecule has 8 heteroatoms. The monoisotopic (exact) mass is 367 g/mol. The maximum Gasteiger partial charge on any atom is 0.345 e. The lowest BCUT2D eigenvalue weighted by Gasteiger charge is -2.07. The predicted molar refractivity (Wildman–Crippen MR) is 94.3 cm³/mol. The molecule has 0 bridgehead atoms. The van der Waals surface area contributed by atoms with E-state index in [-0.39, 0.29) is 10.8 Å². The molecule has 2 N–H and O–H groups in total. The first-order valence-electron chi connectivity index (χ1n) is 7.07. The lowest BCUT2D eigenvalue weighted by atomic mass is 10.2. The van der Waals surface area contributed by atoms with Gasteiger partial charge in [-0.3, -0.25) is 9.00 Å². The molecule has 0 fully saturated rings. The lowest BCUT2D eigenvalue weighted by Crippen LogP contribution is -2.11. The van der Waals surface area contributed by atoms with Crippen LogP contribution >= 0.6 is 11.3 Å². The van der Waals surface area contributed by atoms with Crippen molar-refractivity contribution < 1.29 is 23.6 Å². The molecule has 1 amide bonds. The summed E-state index contributed by atoms with van der Waals surface area (Å²) in [5.41, 5.74) is 1.42. The number of hydrogen-bond donors (Lipinski definition) is 2. The maximum absolute atomic E-state index is 12.2. The summed E-state index contributed by atoms with van der Waals surface area (Å²) in [6, 6.07) is 9.98. The van der Waals surface area contributed by atoms with E-state index >= 15 is 0 Å². The molecule has 1 aromatic carbocycles. The number of methoxy groups -OCH3 is 1. The zero-order valence-corrected chi connectivity index (χ0v) is 14.6. The van der Waals surface area contributed by atoms with E-state index in [2.05, 4.69) is 5.32 Å². The van der Waals surface area contributed by atoms with E-state index < -0.39 is 16.8 Å². The van der Waals surface area contributed by atoms with E-state index in [9.17, 15) is 13.8 Å². The van der Waals surface area contributed by atoms with Crippen molar-refractivity contribution in [2.24, 2.45) is 0 Å². The number of amides is 1. The van der Waals surface area contributed by atoms with E-state index in [1.165, 1.54) is 12.1 Å². The second-order valence-corrected chi connectivity index (χ2v) is 7.56. The first-order valence-corrected chi connectivity index (χ1v) is 9.37. The Hall–Kier alpha value is -2.03. The van der Waals surface area contributed by atoms with Gasteiger partial charge in [0.1, 0.15) is 4.88 Å². The van der Waals surface area contributed by atoms with E-state index in [0.717, 1.165) is 16.9 Å². The highest BCUT2D eigenvalue weighted by atomic mass is 32.2. The van der Waals surface area contributed by atoms with E-state index in [0.29, 0.717) is 28.7 Å². The lowest BCUT2D eigenvalue weighted by molar-refractivity contribution is 0.0702. The van der Waals surface area contributed by atoms with Crippen LogP contribution in [0.1, 0.15) is 24.9 Å². The summed E-state index contributed by atoms with van der Waals surface area (Å²) < 4.78 is 16.8. The molecule has 24 heavy (non-hydrogen) atoms. The summed E-state index contributed by atoms with van der Waals surface area (Å²) in [4.78, 5) is 23.4. The summed E-state index contributed by atoms with van der Waals surface area (Å²) in [6.07, 6.45) is 0. The average Bonchev–Trinajstić information content (AvgIpc) is 3.03. The topological polar surface area (TPSA) is 92.7 Å². The molecule has 0 aliphatic heterocycles. The number of ether oxygens (including phenoxy) is 1. The summed E-state index contributed by atoms with van der Waals surface area (Å²) in [5.74, 6) is -0.583. The normalized spacial score (nSPS) is 11.9. The summed E-state index contributed by atoms with van der Waals surface area (Å²) in [5, 5.41) is 11.6. The van der Waals surface area contributed by atoms with Crippen LogP contribution in [0.2, 0.25) is 0 Å². The van der Waals surface area contributed by atoms with E-state index in [1.54, 1.807) is 25.3 Å². The Balaban J connectivity index is 2.01. The Morgan fingerprint density at radius 1 is 1.25 bits per heavy atom. The Labute approximate surface area is 145 Å². The highest BCUT2D eigenvalue weighted by Gasteiger charge is 2.13. The first-order chi connectivity index (χ1) is 11.5. The SMILES string of the molecule is COCCS(=O)Cc1cccc(NC(=O)c2ccc(C(=O)O)s2)c1. The number of carbonyl (C=O) groups is 2. The number of hydrogen-bond acceptors (Lipinski definition) is 5. The Morgan fingerprint density at radius 2 is 2.00 bits per heavy atom. The summed E-state index contributed by atoms with van der Waals surface area (Å²) >= 11 is 0.918. The van der Waals surface area contributed by atoms with Crippen LogP contribution in [0.15, 0.2) is 36.4 Å². The van der Waals surface area contributed by atoms with Gasteiger partial charge < -0.3 is 15.2 Å². The number of benzene rings is 1. The number of thiophene rings is 1. The predicted octanol–water partition coefficient (Wildman–Crippen LogP) is 2.59. The smallest absolute Gasteiger partial charge is 0.345 e. The van der Waals surface area contributed by atoms with Gasteiger partial charge in [-0.15, -0.1) is 11.3 Å². The van der Waals surface area contributed by atoms with Crippen LogP contribution in [0.5, 0.6) is 0 Å². The zero-order chi connectivity index (χ0) is 17.5. The van der Waals surface area contributed by atoms with Gasteiger partial charge in [0.15, 0.2) is 0 Å². The Bertz CT molecular complexity index is 756. The molecule has 128 valence electrons. The molecule has 0 aliphatic carbocycles. The van der Waals surface area contributed by atoms with Gasteiger partial charge in [0.05, 0.1) is 11.5 Å². The van der Waals surface area contributed by atoms with Crippen LogP contribution in [0.4, 0.5) is 5.69 Å². The second kappa shape index (κ2) is 8.72. The number of anilines is 1. The largest absolute Gasteiger partial charge is 0.477 e. The van der Waals surface area contributed by atoms with Crippen molar-refractivity contribution in [1.82, 2.24) is 0 Å². The molecule has 1 aromatic heterocycles. The van der Waals surface area contributed by atoms with Crippen LogP contribution in [0.3, 0.4) is 0 Å². The van der Waals surface area contributed by atoms with Crippen molar-refractivity contribution in [1.29, 1.82) is 0 Å². The molecular weight excluding hydrogens is 350 g/mol. The summed E-state index contributed by atoms with van der Waals surface area (Å²) in [7, 11) is 0.533.